The number of hydrogen-bond acceptors (Lipinski definition) is 6. The molecule has 3 heterocycles. The van der Waals surface area contributed by atoms with Gasteiger partial charge in [0, 0.05) is 51.2 Å². The standard InChI is InChI=1S/C18H26N6/c1-23(2)18-6-5-17(12-21-18)22-16-4-3-8-24(9-7-16)13-15-10-19-14-20-11-15/h5-6,10-12,14,16,22H,3-4,7-9,13H2,1-2H3/t16-/m0/s1. The first kappa shape index (κ1) is 16.6. The summed E-state index contributed by atoms with van der Waals surface area (Å²) in [6, 6.07) is 4.68. The Balaban J connectivity index is 1.52. The Labute approximate surface area is 143 Å². The number of nitrogens with one attached hydrogen (secondary N) is 1. The van der Waals surface area contributed by atoms with Gasteiger partial charge in [-0.15, -0.1) is 0 Å². The Morgan fingerprint density at radius 1 is 1.12 bits per heavy atom. The fourth-order valence-corrected chi connectivity index (χ4v) is 3.10. The van der Waals surface area contributed by atoms with Crippen molar-refractivity contribution < 1.29 is 0 Å². The molecule has 6 heteroatoms. The maximum Gasteiger partial charge on any atom is 0.128 e. The molecule has 128 valence electrons. The second-order valence-corrected chi connectivity index (χ2v) is 6.59. The van der Waals surface area contributed by atoms with Gasteiger partial charge in [0.15, 0.2) is 0 Å². The zero-order valence-corrected chi connectivity index (χ0v) is 14.5. The minimum Gasteiger partial charge on any atom is -0.381 e. The van der Waals surface area contributed by atoms with Crippen LogP contribution < -0.4 is 10.2 Å². The van der Waals surface area contributed by atoms with Gasteiger partial charge in [-0.2, -0.15) is 0 Å². The lowest BCUT2D eigenvalue weighted by Gasteiger charge is -2.20. The fraction of sp³-hybridized carbons (Fsp3) is 0.500. The SMILES string of the molecule is CN(C)c1ccc(N[C@H]2CCCN(Cc3cncnc3)CC2)cn1. The van der Waals surface area contributed by atoms with Gasteiger partial charge in [-0.3, -0.25) is 4.90 Å². The van der Waals surface area contributed by atoms with Crippen LogP contribution in [0.5, 0.6) is 0 Å². The number of anilines is 2. The van der Waals surface area contributed by atoms with Gasteiger partial charge < -0.3 is 10.2 Å². The van der Waals surface area contributed by atoms with E-state index in [0.29, 0.717) is 6.04 Å². The second kappa shape index (κ2) is 8.06. The minimum atomic E-state index is 0.508. The summed E-state index contributed by atoms with van der Waals surface area (Å²) in [7, 11) is 4.01. The largest absolute Gasteiger partial charge is 0.381 e. The predicted octanol–water partition coefficient (Wildman–Crippen LogP) is 2.40. The normalized spacial score (nSPS) is 18.8. The van der Waals surface area contributed by atoms with E-state index in [-0.39, 0.29) is 0 Å². The summed E-state index contributed by atoms with van der Waals surface area (Å²) in [6.07, 6.45) is 10.9. The van der Waals surface area contributed by atoms with E-state index in [2.05, 4.69) is 37.3 Å². The summed E-state index contributed by atoms with van der Waals surface area (Å²) in [5, 5.41) is 3.64. The van der Waals surface area contributed by atoms with Crippen molar-refractivity contribution >= 4 is 11.5 Å². The summed E-state index contributed by atoms with van der Waals surface area (Å²) >= 11 is 0. The molecule has 0 radical (unpaired) electrons. The molecule has 24 heavy (non-hydrogen) atoms. The van der Waals surface area contributed by atoms with Gasteiger partial charge in [0.25, 0.3) is 0 Å². The van der Waals surface area contributed by atoms with E-state index >= 15 is 0 Å². The molecule has 1 N–H and O–H groups in total. The van der Waals surface area contributed by atoms with Crippen molar-refractivity contribution in [1.82, 2.24) is 19.9 Å². The maximum absolute atomic E-state index is 4.48. The van der Waals surface area contributed by atoms with Crippen molar-refractivity contribution in [2.75, 3.05) is 37.4 Å². The topological polar surface area (TPSA) is 57.2 Å². The Morgan fingerprint density at radius 2 is 1.96 bits per heavy atom. The quantitative estimate of drug-likeness (QED) is 0.910. The Hall–Kier alpha value is -2.21. The molecule has 0 bridgehead atoms. The minimum absolute atomic E-state index is 0.508. The number of rotatable bonds is 5. The molecule has 0 aromatic carbocycles. The highest BCUT2D eigenvalue weighted by molar-refractivity contribution is 5.48. The Kier molecular flexibility index (Phi) is 5.59. The number of pyridine rings is 1. The first-order valence-electron chi connectivity index (χ1n) is 8.57. The van der Waals surface area contributed by atoms with Crippen molar-refractivity contribution in [3.63, 3.8) is 0 Å². The lowest BCUT2D eigenvalue weighted by molar-refractivity contribution is 0.275. The molecular weight excluding hydrogens is 300 g/mol. The summed E-state index contributed by atoms with van der Waals surface area (Å²) < 4.78 is 0. The summed E-state index contributed by atoms with van der Waals surface area (Å²) in [6.45, 7) is 3.16. The van der Waals surface area contributed by atoms with Crippen LogP contribution in [-0.4, -0.2) is 53.1 Å². The van der Waals surface area contributed by atoms with Crippen LogP contribution >= 0.6 is 0 Å². The van der Waals surface area contributed by atoms with Gasteiger partial charge in [0.1, 0.15) is 12.1 Å². The molecule has 1 aliphatic rings. The molecule has 1 atom stereocenters. The van der Waals surface area contributed by atoms with Crippen LogP contribution in [-0.2, 0) is 6.54 Å². The fourth-order valence-electron chi connectivity index (χ4n) is 3.10. The van der Waals surface area contributed by atoms with Crippen LogP contribution in [0.4, 0.5) is 11.5 Å². The molecule has 0 saturated carbocycles. The van der Waals surface area contributed by atoms with E-state index < -0.39 is 0 Å². The van der Waals surface area contributed by atoms with Crippen LogP contribution in [0.2, 0.25) is 0 Å². The third-order valence-electron chi connectivity index (χ3n) is 4.42. The highest BCUT2D eigenvalue weighted by atomic mass is 15.1. The van der Waals surface area contributed by atoms with Crippen molar-refractivity contribution in [1.29, 1.82) is 0 Å². The van der Waals surface area contributed by atoms with Crippen LogP contribution in [0.1, 0.15) is 24.8 Å². The van der Waals surface area contributed by atoms with Gasteiger partial charge >= 0.3 is 0 Å². The lowest BCUT2D eigenvalue weighted by atomic mass is 10.1. The number of aromatic nitrogens is 3. The number of hydrogen-bond donors (Lipinski definition) is 1. The zero-order valence-electron chi connectivity index (χ0n) is 14.5. The van der Waals surface area contributed by atoms with Gasteiger partial charge in [-0.1, -0.05) is 0 Å². The van der Waals surface area contributed by atoms with E-state index in [4.69, 9.17) is 0 Å². The van der Waals surface area contributed by atoms with Crippen molar-refractivity contribution in [2.45, 2.75) is 31.8 Å². The van der Waals surface area contributed by atoms with Gasteiger partial charge in [0.2, 0.25) is 0 Å². The molecule has 0 aliphatic carbocycles. The molecule has 2 aromatic heterocycles. The molecule has 1 fully saturated rings. The second-order valence-electron chi connectivity index (χ2n) is 6.59. The van der Waals surface area contributed by atoms with E-state index in [0.717, 1.165) is 37.6 Å². The number of likely N-dealkylation sites (tertiary alicyclic amines) is 1. The summed E-state index contributed by atoms with van der Waals surface area (Å²) in [5.41, 5.74) is 2.29. The molecule has 1 aliphatic heterocycles. The van der Waals surface area contributed by atoms with Gasteiger partial charge in [-0.25, -0.2) is 15.0 Å². The molecule has 1 saturated heterocycles. The Bertz CT molecular complexity index is 613. The molecule has 3 rings (SSSR count). The smallest absolute Gasteiger partial charge is 0.128 e. The van der Waals surface area contributed by atoms with Crippen molar-refractivity contribution in [3.05, 3.63) is 42.6 Å². The van der Waals surface area contributed by atoms with Gasteiger partial charge in [-0.05, 0) is 37.9 Å². The van der Waals surface area contributed by atoms with Crippen molar-refractivity contribution in [3.8, 4) is 0 Å². The maximum atomic E-state index is 4.48. The monoisotopic (exact) mass is 326 g/mol. The van der Waals surface area contributed by atoms with Crippen LogP contribution in [0.15, 0.2) is 37.1 Å². The highest BCUT2D eigenvalue weighted by Crippen LogP contribution is 2.19. The van der Waals surface area contributed by atoms with Crippen LogP contribution in [0, 0.1) is 0 Å². The third kappa shape index (κ3) is 4.64. The highest BCUT2D eigenvalue weighted by Gasteiger charge is 2.17. The third-order valence-corrected chi connectivity index (χ3v) is 4.42. The summed E-state index contributed by atoms with van der Waals surface area (Å²) in [4.78, 5) is 17.2. The lowest BCUT2D eigenvalue weighted by Crippen LogP contribution is -2.26. The average molecular weight is 326 g/mol. The first-order valence-corrected chi connectivity index (χ1v) is 8.57. The van der Waals surface area contributed by atoms with Crippen molar-refractivity contribution in [2.24, 2.45) is 0 Å². The van der Waals surface area contributed by atoms with Crippen LogP contribution in [0.3, 0.4) is 0 Å². The van der Waals surface area contributed by atoms with E-state index in [9.17, 15) is 0 Å². The van der Waals surface area contributed by atoms with E-state index in [1.807, 2.05) is 37.6 Å². The van der Waals surface area contributed by atoms with E-state index in [1.54, 1.807) is 6.33 Å². The molecule has 6 nitrogen and oxygen atoms in total. The summed E-state index contributed by atoms with van der Waals surface area (Å²) in [5.74, 6) is 0.984. The Morgan fingerprint density at radius 3 is 2.67 bits per heavy atom. The van der Waals surface area contributed by atoms with Crippen LogP contribution in [0.25, 0.3) is 0 Å². The predicted molar refractivity (Wildman–Crippen MR) is 97.1 cm³/mol. The molecular formula is C18H26N6. The molecule has 0 unspecified atom stereocenters. The molecule has 2 aromatic rings. The number of nitrogens with zero attached hydrogens (tertiary/aromatic N) is 5. The van der Waals surface area contributed by atoms with Gasteiger partial charge in [0.05, 0.1) is 11.9 Å². The molecule has 0 spiro atoms. The van der Waals surface area contributed by atoms with E-state index in [1.165, 1.54) is 18.4 Å². The first-order chi connectivity index (χ1) is 11.7. The molecule has 0 amide bonds. The zero-order chi connectivity index (χ0) is 16.8. The average Bonchev–Trinajstić information content (AvgIpc) is 2.82.